The summed E-state index contributed by atoms with van der Waals surface area (Å²) in [6.45, 7) is 0.901. The van der Waals surface area contributed by atoms with Crippen LogP contribution in [0.4, 0.5) is 0 Å². The van der Waals surface area contributed by atoms with Crippen molar-refractivity contribution in [2.45, 2.75) is 11.8 Å². The van der Waals surface area contributed by atoms with Gasteiger partial charge in [-0.15, -0.1) is 0 Å². The first-order valence-corrected chi connectivity index (χ1v) is 10.2. The van der Waals surface area contributed by atoms with Crippen LogP contribution in [0.2, 0.25) is 0 Å². The molecule has 140 valence electrons. The summed E-state index contributed by atoms with van der Waals surface area (Å²) in [5, 5.41) is 6.26. The van der Waals surface area contributed by atoms with Gasteiger partial charge in [0.25, 0.3) is 0 Å². The second-order valence-electron chi connectivity index (χ2n) is 6.13. The minimum Gasteiger partial charge on any atom is -0.467 e. The van der Waals surface area contributed by atoms with Crippen LogP contribution >= 0.6 is 11.8 Å². The molecule has 4 nitrogen and oxygen atoms in total. The van der Waals surface area contributed by atoms with Gasteiger partial charge < -0.3 is 9.73 Å². The Morgan fingerprint density at radius 2 is 1.70 bits per heavy atom. The highest BCUT2D eigenvalue weighted by molar-refractivity contribution is 7.98. The van der Waals surface area contributed by atoms with Crippen molar-refractivity contribution in [1.82, 2.24) is 10.6 Å². The largest absolute Gasteiger partial charge is 0.467 e. The monoisotopic (exact) mass is 380 g/mol. The molecule has 0 spiro atoms. The summed E-state index contributed by atoms with van der Waals surface area (Å²) < 4.78 is 5.54. The average Bonchev–Trinajstić information content (AvgIpc) is 3.24. The molecule has 2 aromatic carbocycles. The molecule has 0 saturated heterocycles. The fraction of sp³-hybridized carbons (Fsp3) is 0.227. The van der Waals surface area contributed by atoms with Crippen molar-refractivity contribution in [3.05, 3.63) is 95.9 Å². The van der Waals surface area contributed by atoms with Crippen LogP contribution in [-0.2, 0) is 10.5 Å². The quantitative estimate of drug-likeness (QED) is 0.522. The van der Waals surface area contributed by atoms with Crippen LogP contribution in [0.1, 0.15) is 22.9 Å². The lowest BCUT2D eigenvalue weighted by atomic mass is 10.0. The zero-order chi connectivity index (χ0) is 18.7. The van der Waals surface area contributed by atoms with Crippen LogP contribution in [0.3, 0.4) is 0 Å². The lowest BCUT2D eigenvalue weighted by Gasteiger charge is -2.17. The highest BCUT2D eigenvalue weighted by atomic mass is 32.2. The Labute approximate surface area is 164 Å². The summed E-state index contributed by atoms with van der Waals surface area (Å²) in [7, 11) is 0. The molecule has 0 saturated carbocycles. The van der Waals surface area contributed by atoms with Crippen LogP contribution in [0.25, 0.3) is 0 Å². The number of thioether (sulfide) groups is 1. The molecule has 0 fully saturated rings. The van der Waals surface area contributed by atoms with E-state index in [4.69, 9.17) is 4.42 Å². The first-order chi connectivity index (χ1) is 13.3. The fourth-order valence-corrected chi connectivity index (χ4v) is 3.59. The minimum atomic E-state index is -0.139. The summed E-state index contributed by atoms with van der Waals surface area (Å²) in [4.78, 5) is 12.2. The Kier molecular flexibility index (Phi) is 7.56. The van der Waals surface area contributed by atoms with Gasteiger partial charge in [-0.05, 0) is 23.3 Å². The van der Waals surface area contributed by atoms with Crippen molar-refractivity contribution in [3.8, 4) is 0 Å². The van der Waals surface area contributed by atoms with Gasteiger partial charge in [0, 0.05) is 18.1 Å². The highest BCUT2D eigenvalue weighted by Gasteiger charge is 2.17. The molecule has 1 amide bonds. The standard InChI is InChI=1S/C22H24N2O2S/c25-21(23-13-15-27-17-18-8-3-1-4-9-18)16-24-22(20-12-7-14-26-20)19-10-5-2-6-11-19/h1-12,14,22,24H,13,15-17H2,(H,23,25)/t22-/m0/s1. The molecular formula is C22H24N2O2S. The van der Waals surface area contributed by atoms with E-state index in [1.165, 1.54) is 5.56 Å². The number of carbonyl (C=O) groups is 1. The van der Waals surface area contributed by atoms with Crippen molar-refractivity contribution >= 4 is 17.7 Å². The van der Waals surface area contributed by atoms with Gasteiger partial charge in [-0.3, -0.25) is 10.1 Å². The molecule has 0 aliphatic rings. The van der Waals surface area contributed by atoms with Crippen LogP contribution in [-0.4, -0.2) is 24.7 Å². The Balaban J connectivity index is 1.40. The average molecular weight is 381 g/mol. The van der Waals surface area contributed by atoms with Gasteiger partial charge in [-0.2, -0.15) is 11.8 Å². The molecule has 3 aromatic rings. The molecule has 3 rings (SSSR count). The smallest absolute Gasteiger partial charge is 0.234 e. The Morgan fingerprint density at radius 1 is 0.963 bits per heavy atom. The molecule has 0 aliphatic heterocycles. The molecule has 0 aliphatic carbocycles. The van der Waals surface area contributed by atoms with E-state index < -0.39 is 0 Å². The van der Waals surface area contributed by atoms with E-state index >= 15 is 0 Å². The normalized spacial score (nSPS) is 11.9. The third-order valence-corrected chi connectivity index (χ3v) is 5.14. The third kappa shape index (κ3) is 6.31. The van der Waals surface area contributed by atoms with Crippen LogP contribution in [0, 0.1) is 0 Å². The zero-order valence-electron chi connectivity index (χ0n) is 15.1. The zero-order valence-corrected chi connectivity index (χ0v) is 16.0. The van der Waals surface area contributed by atoms with Gasteiger partial charge in [-0.1, -0.05) is 60.7 Å². The van der Waals surface area contributed by atoms with Gasteiger partial charge in [0.15, 0.2) is 0 Å². The summed E-state index contributed by atoms with van der Waals surface area (Å²) in [5.41, 5.74) is 2.37. The van der Waals surface area contributed by atoms with Crippen molar-refractivity contribution in [3.63, 3.8) is 0 Å². The highest BCUT2D eigenvalue weighted by Crippen LogP contribution is 2.21. The molecular weight excluding hydrogens is 356 g/mol. The first-order valence-electron chi connectivity index (χ1n) is 9.03. The lowest BCUT2D eigenvalue weighted by molar-refractivity contribution is -0.120. The van der Waals surface area contributed by atoms with Gasteiger partial charge in [0.2, 0.25) is 5.91 Å². The van der Waals surface area contributed by atoms with Gasteiger partial charge in [0.05, 0.1) is 18.8 Å². The van der Waals surface area contributed by atoms with Crippen molar-refractivity contribution in [2.75, 3.05) is 18.8 Å². The van der Waals surface area contributed by atoms with Crippen LogP contribution in [0.5, 0.6) is 0 Å². The van der Waals surface area contributed by atoms with Crippen LogP contribution < -0.4 is 10.6 Å². The molecule has 0 bridgehead atoms. The number of carbonyl (C=O) groups excluding carboxylic acids is 1. The van der Waals surface area contributed by atoms with Crippen molar-refractivity contribution < 1.29 is 9.21 Å². The molecule has 1 heterocycles. The summed E-state index contributed by atoms with van der Waals surface area (Å²) in [6.07, 6.45) is 1.65. The van der Waals surface area contributed by atoms with Gasteiger partial charge in [-0.25, -0.2) is 0 Å². The number of amides is 1. The Bertz CT molecular complexity index is 792. The van der Waals surface area contributed by atoms with Gasteiger partial charge in [0.1, 0.15) is 5.76 Å². The predicted octanol–water partition coefficient (Wildman–Crippen LogP) is 4.01. The number of furan rings is 1. The minimum absolute atomic E-state index is 0.0113. The van der Waals surface area contributed by atoms with Gasteiger partial charge >= 0.3 is 0 Å². The Hall–Kier alpha value is -2.50. The van der Waals surface area contributed by atoms with E-state index in [2.05, 4.69) is 22.8 Å². The SMILES string of the molecule is O=C(CN[C@@H](c1ccccc1)c1ccco1)NCCSCc1ccccc1. The van der Waals surface area contributed by atoms with E-state index in [9.17, 15) is 4.79 Å². The maximum atomic E-state index is 12.2. The number of benzene rings is 2. The van der Waals surface area contributed by atoms with Crippen LogP contribution in [0.15, 0.2) is 83.5 Å². The molecule has 2 N–H and O–H groups in total. The Morgan fingerprint density at radius 3 is 2.41 bits per heavy atom. The van der Waals surface area contributed by atoms with E-state index in [0.29, 0.717) is 6.54 Å². The topological polar surface area (TPSA) is 54.3 Å². The molecule has 1 atom stereocenters. The molecule has 1 aromatic heterocycles. The number of rotatable bonds is 10. The van der Waals surface area contributed by atoms with Crippen molar-refractivity contribution in [2.24, 2.45) is 0 Å². The summed E-state index contributed by atoms with van der Waals surface area (Å²) >= 11 is 1.82. The number of hydrogen-bond donors (Lipinski definition) is 2. The molecule has 5 heteroatoms. The number of nitrogens with one attached hydrogen (secondary N) is 2. The lowest BCUT2D eigenvalue weighted by Crippen LogP contribution is -2.37. The second-order valence-corrected chi connectivity index (χ2v) is 7.23. The molecule has 27 heavy (non-hydrogen) atoms. The maximum Gasteiger partial charge on any atom is 0.234 e. The molecule has 0 unspecified atom stereocenters. The van der Waals surface area contributed by atoms with E-state index in [-0.39, 0.29) is 18.5 Å². The van der Waals surface area contributed by atoms with E-state index in [1.54, 1.807) is 6.26 Å². The second kappa shape index (κ2) is 10.6. The molecule has 0 radical (unpaired) electrons. The van der Waals surface area contributed by atoms with Crippen molar-refractivity contribution in [1.29, 1.82) is 0 Å². The fourth-order valence-electron chi connectivity index (χ4n) is 2.77. The predicted molar refractivity (Wildman–Crippen MR) is 111 cm³/mol. The number of hydrogen-bond acceptors (Lipinski definition) is 4. The van der Waals surface area contributed by atoms with E-state index in [1.807, 2.05) is 72.4 Å². The maximum absolute atomic E-state index is 12.2. The third-order valence-electron chi connectivity index (χ3n) is 4.11. The van der Waals surface area contributed by atoms with E-state index in [0.717, 1.165) is 22.8 Å². The summed E-state index contributed by atoms with van der Waals surface area (Å²) in [6, 6.07) is 24.0. The first kappa shape index (κ1) is 19.3. The summed E-state index contributed by atoms with van der Waals surface area (Å²) in [5.74, 6) is 2.64.